The Kier molecular flexibility index (Phi) is 4.74. The van der Waals surface area contributed by atoms with Gasteiger partial charge in [0.15, 0.2) is 0 Å². The second kappa shape index (κ2) is 6.31. The van der Waals surface area contributed by atoms with Gasteiger partial charge in [0.2, 0.25) is 5.91 Å². The fourth-order valence-corrected chi connectivity index (χ4v) is 2.89. The number of carbonyl (C=O) groups excluding carboxylic acids is 1. The minimum absolute atomic E-state index is 0.0355. The maximum atomic E-state index is 12.2. The fourth-order valence-electron chi connectivity index (χ4n) is 2.17. The first-order valence-electron chi connectivity index (χ1n) is 6.34. The third-order valence-corrected chi connectivity index (χ3v) is 4.20. The van der Waals surface area contributed by atoms with E-state index in [0.717, 1.165) is 24.3 Å². The first-order chi connectivity index (χ1) is 8.68. The molecule has 5 heteroatoms. The SMILES string of the molecule is CN(CC1CCCCO1)C(=O)C(N)c1cccs1. The number of rotatable bonds is 4. The first kappa shape index (κ1) is 13.5. The van der Waals surface area contributed by atoms with Gasteiger partial charge in [-0.15, -0.1) is 11.3 Å². The number of likely N-dealkylation sites (N-methyl/N-ethyl adjacent to an activating group) is 1. The van der Waals surface area contributed by atoms with Gasteiger partial charge in [-0.3, -0.25) is 4.79 Å². The summed E-state index contributed by atoms with van der Waals surface area (Å²) in [6.07, 6.45) is 3.52. The molecule has 0 aromatic carbocycles. The number of carbonyl (C=O) groups is 1. The predicted molar refractivity (Wildman–Crippen MR) is 72.5 cm³/mol. The molecule has 1 aliphatic heterocycles. The minimum Gasteiger partial charge on any atom is -0.376 e. The van der Waals surface area contributed by atoms with Crippen LogP contribution in [0.25, 0.3) is 0 Å². The molecule has 0 spiro atoms. The van der Waals surface area contributed by atoms with Crippen molar-refractivity contribution in [2.24, 2.45) is 5.73 Å². The molecule has 1 amide bonds. The van der Waals surface area contributed by atoms with Crippen molar-refractivity contribution < 1.29 is 9.53 Å². The van der Waals surface area contributed by atoms with Crippen LogP contribution in [0.4, 0.5) is 0 Å². The van der Waals surface area contributed by atoms with E-state index in [2.05, 4.69) is 0 Å². The number of hydrogen-bond acceptors (Lipinski definition) is 4. The lowest BCUT2D eigenvalue weighted by molar-refractivity contribution is -0.133. The second-order valence-corrected chi connectivity index (χ2v) is 5.68. The van der Waals surface area contributed by atoms with E-state index in [-0.39, 0.29) is 12.0 Å². The summed E-state index contributed by atoms with van der Waals surface area (Å²) in [7, 11) is 1.80. The Morgan fingerprint density at radius 3 is 3.11 bits per heavy atom. The molecule has 18 heavy (non-hydrogen) atoms. The standard InChI is InChI=1S/C13H20N2O2S/c1-15(9-10-5-2-3-7-17-10)13(16)12(14)11-6-4-8-18-11/h4,6,8,10,12H,2-3,5,7,9,14H2,1H3. The maximum absolute atomic E-state index is 12.2. The molecule has 1 aromatic rings. The molecular weight excluding hydrogens is 248 g/mol. The molecule has 2 unspecified atom stereocenters. The summed E-state index contributed by atoms with van der Waals surface area (Å²) in [5.74, 6) is -0.0355. The van der Waals surface area contributed by atoms with Gasteiger partial charge < -0.3 is 15.4 Å². The molecule has 2 atom stereocenters. The number of nitrogens with zero attached hydrogens (tertiary/aromatic N) is 1. The van der Waals surface area contributed by atoms with E-state index >= 15 is 0 Å². The lowest BCUT2D eigenvalue weighted by Crippen LogP contribution is -2.41. The number of thiophene rings is 1. The zero-order chi connectivity index (χ0) is 13.0. The summed E-state index contributed by atoms with van der Waals surface area (Å²) < 4.78 is 5.64. The van der Waals surface area contributed by atoms with E-state index in [1.165, 1.54) is 17.8 Å². The van der Waals surface area contributed by atoms with Crippen LogP contribution in [0.15, 0.2) is 17.5 Å². The summed E-state index contributed by atoms with van der Waals surface area (Å²) in [5, 5.41) is 1.94. The van der Waals surface area contributed by atoms with Crippen LogP contribution in [0.2, 0.25) is 0 Å². The number of nitrogens with two attached hydrogens (primary N) is 1. The Hall–Kier alpha value is -0.910. The topological polar surface area (TPSA) is 55.6 Å². The molecule has 2 heterocycles. The third-order valence-electron chi connectivity index (χ3n) is 3.24. The van der Waals surface area contributed by atoms with Crippen molar-refractivity contribution in [3.05, 3.63) is 22.4 Å². The highest BCUT2D eigenvalue weighted by atomic mass is 32.1. The van der Waals surface area contributed by atoms with Crippen LogP contribution in [0.5, 0.6) is 0 Å². The Morgan fingerprint density at radius 1 is 1.67 bits per heavy atom. The van der Waals surface area contributed by atoms with Gasteiger partial charge in [-0.1, -0.05) is 6.07 Å². The van der Waals surface area contributed by atoms with Gasteiger partial charge in [0.1, 0.15) is 6.04 Å². The zero-order valence-electron chi connectivity index (χ0n) is 10.7. The summed E-state index contributed by atoms with van der Waals surface area (Å²) >= 11 is 1.52. The number of hydrogen-bond donors (Lipinski definition) is 1. The minimum atomic E-state index is -0.543. The molecule has 4 nitrogen and oxygen atoms in total. The van der Waals surface area contributed by atoms with Crippen LogP contribution in [-0.2, 0) is 9.53 Å². The molecule has 0 aliphatic carbocycles. The van der Waals surface area contributed by atoms with Gasteiger partial charge in [-0.05, 0) is 30.7 Å². The lowest BCUT2D eigenvalue weighted by atomic mass is 10.1. The molecule has 0 saturated carbocycles. The largest absolute Gasteiger partial charge is 0.376 e. The number of ether oxygens (including phenoxy) is 1. The molecule has 0 bridgehead atoms. The fraction of sp³-hybridized carbons (Fsp3) is 0.615. The predicted octanol–water partition coefficient (Wildman–Crippen LogP) is 1.78. The number of amides is 1. The lowest BCUT2D eigenvalue weighted by Gasteiger charge is -2.28. The molecule has 1 aromatic heterocycles. The van der Waals surface area contributed by atoms with Crippen molar-refractivity contribution >= 4 is 17.2 Å². The average molecular weight is 268 g/mol. The van der Waals surface area contributed by atoms with Crippen LogP contribution < -0.4 is 5.73 Å². The smallest absolute Gasteiger partial charge is 0.244 e. The van der Waals surface area contributed by atoms with Crippen molar-refractivity contribution in [3.63, 3.8) is 0 Å². The van der Waals surface area contributed by atoms with Crippen molar-refractivity contribution in [1.82, 2.24) is 4.90 Å². The Bertz CT molecular complexity index is 374. The van der Waals surface area contributed by atoms with Gasteiger partial charge in [-0.25, -0.2) is 0 Å². The quantitative estimate of drug-likeness (QED) is 0.905. The first-order valence-corrected chi connectivity index (χ1v) is 7.22. The van der Waals surface area contributed by atoms with E-state index in [9.17, 15) is 4.79 Å². The summed E-state index contributed by atoms with van der Waals surface area (Å²) in [6.45, 7) is 1.45. The van der Waals surface area contributed by atoms with E-state index in [4.69, 9.17) is 10.5 Å². The molecule has 1 fully saturated rings. The van der Waals surface area contributed by atoms with Crippen LogP contribution in [0.3, 0.4) is 0 Å². The Balaban J connectivity index is 1.87. The summed E-state index contributed by atoms with van der Waals surface area (Å²) in [4.78, 5) is 14.8. The molecule has 1 aliphatic rings. The van der Waals surface area contributed by atoms with Crippen LogP contribution >= 0.6 is 11.3 Å². The highest BCUT2D eigenvalue weighted by Gasteiger charge is 2.24. The van der Waals surface area contributed by atoms with E-state index in [0.29, 0.717) is 6.54 Å². The average Bonchev–Trinajstić information content (AvgIpc) is 2.92. The monoisotopic (exact) mass is 268 g/mol. The molecule has 1 saturated heterocycles. The van der Waals surface area contributed by atoms with Crippen molar-refractivity contribution in [2.75, 3.05) is 20.2 Å². The molecule has 2 N–H and O–H groups in total. The Morgan fingerprint density at radius 2 is 2.50 bits per heavy atom. The molecule has 100 valence electrons. The normalized spacial score (nSPS) is 21.6. The van der Waals surface area contributed by atoms with Gasteiger partial charge >= 0.3 is 0 Å². The highest BCUT2D eigenvalue weighted by molar-refractivity contribution is 7.10. The highest BCUT2D eigenvalue weighted by Crippen LogP contribution is 2.19. The summed E-state index contributed by atoms with van der Waals surface area (Å²) in [6, 6.07) is 3.27. The van der Waals surface area contributed by atoms with Crippen LogP contribution in [0, 0.1) is 0 Å². The molecular formula is C13H20N2O2S. The van der Waals surface area contributed by atoms with Gasteiger partial charge in [0.25, 0.3) is 0 Å². The zero-order valence-corrected chi connectivity index (χ0v) is 11.5. The van der Waals surface area contributed by atoms with Crippen LogP contribution in [-0.4, -0.2) is 37.1 Å². The maximum Gasteiger partial charge on any atom is 0.244 e. The van der Waals surface area contributed by atoms with Crippen molar-refractivity contribution in [2.45, 2.75) is 31.4 Å². The summed E-state index contributed by atoms with van der Waals surface area (Å²) in [5.41, 5.74) is 5.97. The van der Waals surface area contributed by atoms with Gasteiger partial charge in [0.05, 0.1) is 6.10 Å². The molecule has 2 rings (SSSR count). The second-order valence-electron chi connectivity index (χ2n) is 4.70. The van der Waals surface area contributed by atoms with Crippen LogP contribution in [0.1, 0.15) is 30.2 Å². The van der Waals surface area contributed by atoms with E-state index < -0.39 is 6.04 Å². The van der Waals surface area contributed by atoms with E-state index in [1.54, 1.807) is 11.9 Å². The van der Waals surface area contributed by atoms with Gasteiger partial charge in [-0.2, -0.15) is 0 Å². The molecule has 0 radical (unpaired) electrons. The van der Waals surface area contributed by atoms with Crippen molar-refractivity contribution in [3.8, 4) is 0 Å². The van der Waals surface area contributed by atoms with Crippen molar-refractivity contribution in [1.29, 1.82) is 0 Å². The van der Waals surface area contributed by atoms with E-state index in [1.807, 2.05) is 17.5 Å². The third kappa shape index (κ3) is 3.31. The Labute approximate surface area is 112 Å². The van der Waals surface area contributed by atoms with Gasteiger partial charge in [0, 0.05) is 25.1 Å².